The maximum Gasteiger partial charge on any atom is 0.317 e. The van der Waals surface area contributed by atoms with Crippen molar-refractivity contribution in [3.05, 3.63) is 23.3 Å². The summed E-state index contributed by atoms with van der Waals surface area (Å²) in [5.74, 6) is -0.0962. The third-order valence-corrected chi connectivity index (χ3v) is 6.31. The minimum atomic E-state index is -3.57. The number of hydrogen-bond acceptors (Lipinski definition) is 5. The molecular formula is C17H26N2O5S. The second-order valence-electron chi connectivity index (χ2n) is 6.49. The number of methoxy groups -OCH3 is 1. The molecule has 25 heavy (non-hydrogen) atoms. The Bertz CT molecular complexity index is 710. The number of aryl methyl sites for hydroxylation is 2. The molecule has 0 aromatic heterocycles. The van der Waals surface area contributed by atoms with Crippen LogP contribution in [0.1, 0.15) is 24.0 Å². The van der Waals surface area contributed by atoms with Gasteiger partial charge in [0.25, 0.3) is 0 Å². The van der Waals surface area contributed by atoms with E-state index in [9.17, 15) is 13.2 Å². The Morgan fingerprint density at radius 2 is 2.00 bits per heavy atom. The van der Waals surface area contributed by atoms with E-state index in [2.05, 4.69) is 5.32 Å². The summed E-state index contributed by atoms with van der Waals surface area (Å²) >= 11 is 0. The van der Waals surface area contributed by atoms with Crippen molar-refractivity contribution in [2.24, 2.45) is 5.92 Å². The van der Waals surface area contributed by atoms with E-state index in [0.717, 1.165) is 24.0 Å². The van der Waals surface area contributed by atoms with Crippen LogP contribution in [0.3, 0.4) is 0 Å². The first-order valence-electron chi connectivity index (χ1n) is 8.33. The summed E-state index contributed by atoms with van der Waals surface area (Å²) in [7, 11) is -2.00. The van der Waals surface area contributed by atoms with Gasteiger partial charge in [-0.25, -0.2) is 8.42 Å². The maximum atomic E-state index is 13.0. The third kappa shape index (κ3) is 4.71. The number of aliphatic carboxylic acids is 1. The number of sulfonamides is 1. The van der Waals surface area contributed by atoms with Crippen molar-refractivity contribution < 1.29 is 23.1 Å². The van der Waals surface area contributed by atoms with Crippen molar-refractivity contribution >= 4 is 16.0 Å². The molecule has 1 aromatic carbocycles. The van der Waals surface area contributed by atoms with Gasteiger partial charge in [-0.1, -0.05) is 0 Å². The number of carbonyl (C=O) groups is 1. The van der Waals surface area contributed by atoms with Crippen molar-refractivity contribution in [1.29, 1.82) is 0 Å². The zero-order chi connectivity index (χ0) is 18.6. The Morgan fingerprint density at radius 3 is 2.56 bits per heavy atom. The van der Waals surface area contributed by atoms with E-state index < -0.39 is 16.0 Å². The van der Waals surface area contributed by atoms with E-state index in [1.807, 2.05) is 13.8 Å². The molecule has 2 rings (SSSR count). The second-order valence-corrected chi connectivity index (χ2v) is 8.42. The number of nitrogens with one attached hydrogen (secondary N) is 1. The summed E-state index contributed by atoms with van der Waals surface area (Å²) in [5, 5.41) is 11.6. The van der Waals surface area contributed by atoms with Crippen LogP contribution in [0.25, 0.3) is 0 Å². The van der Waals surface area contributed by atoms with E-state index in [1.54, 1.807) is 19.2 Å². The van der Waals surface area contributed by atoms with Gasteiger partial charge in [-0.15, -0.1) is 0 Å². The SMILES string of the molecule is COc1c(C)cc(S(=O)(=O)N2CCCC(CNCC(=O)O)C2)cc1C. The predicted molar refractivity (Wildman–Crippen MR) is 94.5 cm³/mol. The van der Waals surface area contributed by atoms with Crippen molar-refractivity contribution in [2.75, 3.05) is 33.3 Å². The molecule has 0 amide bonds. The van der Waals surface area contributed by atoms with Crippen molar-refractivity contribution in [3.63, 3.8) is 0 Å². The smallest absolute Gasteiger partial charge is 0.317 e. The van der Waals surface area contributed by atoms with Gasteiger partial charge >= 0.3 is 5.97 Å². The lowest BCUT2D eigenvalue weighted by Crippen LogP contribution is -2.43. The first kappa shape index (κ1) is 19.7. The lowest BCUT2D eigenvalue weighted by Gasteiger charge is -2.32. The highest BCUT2D eigenvalue weighted by Crippen LogP contribution is 2.29. The summed E-state index contributed by atoms with van der Waals surface area (Å²) in [5.41, 5.74) is 1.58. The van der Waals surface area contributed by atoms with Crippen molar-refractivity contribution in [3.8, 4) is 5.75 Å². The monoisotopic (exact) mass is 370 g/mol. The fourth-order valence-electron chi connectivity index (χ4n) is 3.33. The fourth-order valence-corrected chi connectivity index (χ4v) is 5.05. The van der Waals surface area contributed by atoms with Crippen LogP contribution in [-0.4, -0.2) is 57.1 Å². The lowest BCUT2D eigenvalue weighted by molar-refractivity contribution is -0.136. The van der Waals surface area contributed by atoms with Gasteiger partial charge in [0.05, 0.1) is 18.6 Å². The summed E-state index contributed by atoms with van der Waals surface area (Å²) in [6.07, 6.45) is 1.66. The van der Waals surface area contributed by atoms with Crippen LogP contribution >= 0.6 is 0 Å². The molecule has 0 bridgehead atoms. The van der Waals surface area contributed by atoms with Gasteiger partial charge in [0.1, 0.15) is 5.75 Å². The Hall–Kier alpha value is -1.64. The first-order chi connectivity index (χ1) is 11.8. The molecule has 7 nitrogen and oxygen atoms in total. The van der Waals surface area contributed by atoms with Gasteiger partial charge < -0.3 is 15.2 Å². The average molecular weight is 370 g/mol. The Labute approximate surface area is 149 Å². The average Bonchev–Trinajstić information content (AvgIpc) is 2.54. The van der Waals surface area contributed by atoms with Crippen LogP contribution in [0.2, 0.25) is 0 Å². The standard InChI is InChI=1S/C17H26N2O5S/c1-12-7-15(8-13(2)17(12)24-3)25(22,23)19-6-4-5-14(11-19)9-18-10-16(20)21/h7-8,14,18H,4-6,9-11H2,1-3H3,(H,20,21). The number of benzene rings is 1. The van der Waals surface area contributed by atoms with E-state index in [4.69, 9.17) is 9.84 Å². The summed E-state index contributed by atoms with van der Waals surface area (Å²) in [4.78, 5) is 10.9. The number of piperidine rings is 1. The van der Waals surface area contributed by atoms with Crippen LogP contribution in [-0.2, 0) is 14.8 Å². The molecule has 1 unspecified atom stereocenters. The molecule has 2 N–H and O–H groups in total. The zero-order valence-electron chi connectivity index (χ0n) is 14.9. The molecule has 8 heteroatoms. The second kappa shape index (κ2) is 8.16. The predicted octanol–water partition coefficient (Wildman–Crippen LogP) is 1.39. The van der Waals surface area contributed by atoms with Gasteiger partial charge in [-0.2, -0.15) is 4.31 Å². The molecule has 1 saturated heterocycles. The molecule has 0 radical (unpaired) electrons. The van der Waals surface area contributed by atoms with Crippen LogP contribution in [0.15, 0.2) is 17.0 Å². The molecule has 1 aliphatic heterocycles. The maximum absolute atomic E-state index is 13.0. The number of carboxylic acids is 1. The van der Waals surface area contributed by atoms with Crippen molar-refractivity contribution in [2.45, 2.75) is 31.6 Å². The molecule has 1 aliphatic rings. The highest BCUT2D eigenvalue weighted by Gasteiger charge is 2.30. The number of ether oxygens (including phenoxy) is 1. The summed E-state index contributed by atoms with van der Waals surface area (Å²) < 4.78 is 32.8. The fraction of sp³-hybridized carbons (Fsp3) is 0.588. The first-order valence-corrected chi connectivity index (χ1v) is 9.77. The van der Waals surface area contributed by atoms with Crippen LogP contribution < -0.4 is 10.1 Å². The summed E-state index contributed by atoms with van der Waals surface area (Å²) in [6.45, 7) is 4.94. The quantitative estimate of drug-likeness (QED) is 0.753. The molecule has 0 spiro atoms. The Kier molecular flexibility index (Phi) is 6.42. The molecule has 1 heterocycles. The zero-order valence-corrected chi connectivity index (χ0v) is 15.7. The van der Waals surface area contributed by atoms with E-state index in [-0.39, 0.29) is 17.4 Å². The van der Waals surface area contributed by atoms with E-state index in [1.165, 1.54) is 4.31 Å². The van der Waals surface area contributed by atoms with Gasteiger partial charge in [-0.05, 0) is 62.4 Å². The molecular weight excluding hydrogens is 344 g/mol. The number of nitrogens with zero attached hydrogens (tertiary/aromatic N) is 1. The number of hydrogen-bond donors (Lipinski definition) is 2. The van der Waals surface area contributed by atoms with Gasteiger partial charge in [0.2, 0.25) is 10.0 Å². The topological polar surface area (TPSA) is 95.9 Å². The molecule has 1 fully saturated rings. The van der Waals surface area contributed by atoms with Gasteiger partial charge in [-0.3, -0.25) is 4.79 Å². The highest BCUT2D eigenvalue weighted by molar-refractivity contribution is 7.89. The largest absolute Gasteiger partial charge is 0.496 e. The Morgan fingerprint density at radius 1 is 1.36 bits per heavy atom. The molecule has 1 atom stereocenters. The molecule has 140 valence electrons. The highest BCUT2D eigenvalue weighted by atomic mass is 32.2. The van der Waals surface area contributed by atoms with Crippen molar-refractivity contribution in [1.82, 2.24) is 9.62 Å². The Balaban J connectivity index is 2.14. The van der Waals surface area contributed by atoms with Gasteiger partial charge in [0, 0.05) is 13.1 Å². The van der Waals surface area contributed by atoms with Crippen LogP contribution in [0.4, 0.5) is 0 Å². The van der Waals surface area contributed by atoms with Crippen LogP contribution in [0.5, 0.6) is 5.75 Å². The normalized spacial score (nSPS) is 18.9. The minimum Gasteiger partial charge on any atom is -0.496 e. The number of rotatable bonds is 7. The third-order valence-electron chi connectivity index (χ3n) is 4.47. The molecule has 0 aliphatic carbocycles. The van der Waals surface area contributed by atoms with Gasteiger partial charge in [0.15, 0.2) is 0 Å². The minimum absolute atomic E-state index is 0.111. The molecule has 1 aromatic rings. The van der Waals surface area contributed by atoms with E-state index >= 15 is 0 Å². The van der Waals surface area contributed by atoms with Crippen LogP contribution in [0, 0.1) is 19.8 Å². The lowest BCUT2D eigenvalue weighted by atomic mass is 10.00. The number of carboxylic acid groups (broad SMARTS) is 1. The molecule has 0 saturated carbocycles. The summed E-state index contributed by atoms with van der Waals surface area (Å²) in [6, 6.07) is 3.29. The van der Waals surface area contributed by atoms with E-state index in [0.29, 0.717) is 25.4 Å².